The number of hydrogen-bond donors (Lipinski definition) is 2. The lowest BCUT2D eigenvalue weighted by atomic mass is 10.1. The Balaban J connectivity index is 2.42. The molecule has 0 aromatic heterocycles. The molecule has 0 saturated carbocycles. The molecule has 0 unspecified atom stereocenters. The van der Waals surface area contributed by atoms with Crippen molar-refractivity contribution in [1.29, 1.82) is 0 Å². The molecule has 0 amide bonds. The average molecular weight is 305 g/mol. The van der Waals surface area contributed by atoms with Crippen molar-refractivity contribution in [3.63, 3.8) is 0 Å². The molecular formula is C16H19NO3S. The molecule has 2 N–H and O–H groups in total. The van der Waals surface area contributed by atoms with Crippen molar-refractivity contribution in [3.8, 4) is 5.75 Å². The summed E-state index contributed by atoms with van der Waals surface area (Å²) in [6, 6.07) is 10.1. The highest BCUT2D eigenvalue weighted by Gasteiger charge is 2.18. The van der Waals surface area contributed by atoms with Gasteiger partial charge in [-0.1, -0.05) is 30.7 Å². The van der Waals surface area contributed by atoms with Crippen LogP contribution in [0.4, 0.5) is 5.69 Å². The summed E-state index contributed by atoms with van der Waals surface area (Å²) in [4.78, 5) is 0.217. The summed E-state index contributed by atoms with van der Waals surface area (Å²) in [6.07, 6.45) is 0.762. The summed E-state index contributed by atoms with van der Waals surface area (Å²) in [5.41, 5.74) is 2.83. The van der Waals surface area contributed by atoms with E-state index < -0.39 is 10.0 Å². The highest BCUT2D eigenvalue weighted by molar-refractivity contribution is 7.92. The molecule has 112 valence electrons. The second-order valence-electron chi connectivity index (χ2n) is 5.08. The van der Waals surface area contributed by atoms with E-state index >= 15 is 0 Å². The van der Waals surface area contributed by atoms with Crippen LogP contribution in [0.1, 0.15) is 23.6 Å². The molecule has 0 aliphatic carbocycles. The van der Waals surface area contributed by atoms with Gasteiger partial charge in [0.15, 0.2) is 0 Å². The fourth-order valence-electron chi connectivity index (χ4n) is 2.19. The van der Waals surface area contributed by atoms with Crippen molar-refractivity contribution in [2.75, 3.05) is 4.72 Å². The van der Waals surface area contributed by atoms with Crippen LogP contribution in [0.25, 0.3) is 0 Å². The molecule has 0 fully saturated rings. The van der Waals surface area contributed by atoms with Crippen molar-refractivity contribution < 1.29 is 13.5 Å². The normalized spacial score (nSPS) is 11.4. The maximum absolute atomic E-state index is 12.5. The van der Waals surface area contributed by atoms with Crippen LogP contribution in [-0.4, -0.2) is 13.5 Å². The average Bonchev–Trinajstić information content (AvgIpc) is 2.40. The fourth-order valence-corrected chi connectivity index (χ4v) is 3.48. The van der Waals surface area contributed by atoms with Crippen molar-refractivity contribution in [2.45, 2.75) is 32.1 Å². The van der Waals surface area contributed by atoms with Crippen LogP contribution in [0.15, 0.2) is 41.3 Å². The number of aromatic hydroxyl groups is 1. The zero-order chi connectivity index (χ0) is 15.6. The third-order valence-corrected chi connectivity index (χ3v) is 4.86. The lowest BCUT2D eigenvalue weighted by Crippen LogP contribution is -2.14. The van der Waals surface area contributed by atoms with Crippen LogP contribution in [0.2, 0.25) is 0 Å². The smallest absolute Gasteiger partial charge is 0.262 e. The zero-order valence-electron chi connectivity index (χ0n) is 12.3. The number of benzene rings is 2. The van der Waals surface area contributed by atoms with E-state index in [2.05, 4.69) is 4.72 Å². The summed E-state index contributed by atoms with van der Waals surface area (Å²) < 4.78 is 27.4. The van der Waals surface area contributed by atoms with Gasteiger partial charge in [0.25, 0.3) is 10.0 Å². The summed E-state index contributed by atoms with van der Waals surface area (Å²) >= 11 is 0. The Morgan fingerprint density at radius 3 is 2.43 bits per heavy atom. The molecule has 0 heterocycles. The number of aryl methyl sites for hydroxylation is 3. The van der Waals surface area contributed by atoms with E-state index in [-0.39, 0.29) is 16.3 Å². The van der Waals surface area contributed by atoms with E-state index in [1.165, 1.54) is 6.07 Å². The molecule has 0 radical (unpaired) electrons. The Morgan fingerprint density at radius 1 is 1.10 bits per heavy atom. The van der Waals surface area contributed by atoms with Gasteiger partial charge >= 0.3 is 0 Å². The van der Waals surface area contributed by atoms with Gasteiger partial charge in [0, 0.05) is 0 Å². The first-order valence-corrected chi connectivity index (χ1v) is 8.24. The fraction of sp³-hybridized carbons (Fsp3) is 0.250. The molecule has 2 aromatic rings. The summed E-state index contributed by atoms with van der Waals surface area (Å²) in [6.45, 7) is 5.63. The van der Waals surface area contributed by atoms with Gasteiger partial charge in [0.2, 0.25) is 0 Å². The molecule has 2 rings (SSSR count). The van der Waals surface area contributed by atoms with Crippen molar-refractivity contribution >= 4 is 15.7 Å². The van der Waals surface area contributed by atoms with Crippen LogP contribution in [-0.2, 0) is 16.4 Å². The van der Waals surface area contributed by atoms with E-state index in [9.17, 15) is 13.5 Å². The second-order valence-corrected chi connectivity index (χ2v) is 6.73. The van der Waals surface area contributed by atoms with E-state index in [1.807, 2.05) is 19.9 Å². The highest BCUT2D eigenvalue weighted by atomic mass is 32.2. The second kappa shape index (κ2) is 5.77. The topological polar surface area (TPSA) is 66.4 Å². The standard InChI is InChI=1S/C16H19NO3S/c1-4-13-6-7-15(18)14(10-13)17-21(19,20)16-8-5-11(2)9-12(16)3/h5-10,17-18H,4H2,1-3H3. The predicted octanol–water partition coefficient (Wildman–Crippen LogP) is 3.37. The number of phenols is 1. The van der Waals surface area contributed by atoms with Gasteiger partial charge in [-0.25, -0.2) is 8.42 Å². The Labute approximate surface area is 125 Å². The molecule has 0 aliphatic rings. The Kier molecular flexibility index (Phi) is 4.23. The minimum atomic E-state index is -3.72. The van der Waals surface area contributed by atoms with E-state index in [1.54, 1.807) is 31.2 Å². The zero-order valence-corrected chi connectivity index (χ0v) is 13.2. The molecule has 21 heavy (non-hydrogen) atoms. The van der Waals surface area contributed by atoms with E-state index in [0.29, 0.717) is 5.56 Å². The number of anilines is 1. The third-order valence-electron chi connectivity index (χ3n) is 3.33. The lowest BCUT2D eigenvalue weighted by molar-refractivity contribution is 0.477. The Bertz CT molecular complexity index is 767. The molecule has 4 nitrogen and oxygen atoms in total. The quantitative estimate of drug-likeness (QED) is 0.851. The maximum atomic E-state index is 12.5. The Hall–Kier alpha value is -2.01. The largest absolute Gasteiger partial charge is 0.506 e. The molecule has 0 saturated heterocycles. The van der Waals surface area contributed by atoms with Crippen LogP contribution >= 0.6 is 0 Å². The van der Waals surface area contributed by atoms with Gasteiger partial charge in [-0.2, -0.15) is 0 Å². The highest BCUT2D eigenvalue weighted by Crippen LogP contribution is 2.28. The third kappa shape index (κ3) is 3.36. The number of phenolic OH excluding ortho intramolecular Hbond substituents is 1. The molecule has 0 bridgehead atoms. The molecular weight excluding hydrogens is 286 g/mol. The van der Waals surface area contributed by atoms with Gasteiger partial charge in [-0.15, -0.1) is 0 Å². The first-order valence-electron chi connectivity index (χ1n) is 6.75. The summed E-state index contributed by atoms with van der Waals surface area (Å²) in [5, 5.41) is 9.83. The van der Waals surface area contributed by atoms with Gasteiger partial charge in [0.1, 0.15) is 5.75 Å². The number of nitrogens with one attached hydrogen (secondary N) is 1. The van der Waals surface area contributed by atoms with Gasteiger partial charge in [-0.05, 0) is 49.6 Å². The number of hydrogen-bond acceptors (Lipinski definition) is 3. The van der Waals surface area contributed by atoms with Gasteiger partial charge in [0.05, 0.1) is 10.6 Å². The maximum Gasteiger partial charge on any atom is 0.262 e. The summed E-state index contributed by atoms with van der Waals surface area (Å²) in [5.74, 6) is -0.0828. The Morgan fingerprint density at radius 2 is 1.81 bits per heavy atom. The lowest BCUT2D eigenvalue weighted by Gasteiger charge is -2.13. The molecule has 0 spiro atoms. The van der Waals surface area contributed by atoms with Crippen molar-refractivity contribution in [1.82, 2.24) is 0 Å². The van der Waals surface area contributed by atoms with Gasteiger partial charge in [-0.3, -0.25) is 4.72 Å². The monoisotopic (exact) mass is 305 g/mol. The van der Waals surface area contributed by atoms with E-state index in [0.717, 1.165) is 17.5 Å². The number of sulfonamides is 1. The molecule has 0 atom stereocenters. The van der Waals surface area contributed by atoms with Gasteiger partial charge < -0.3 is 5.11 Å². The van der Waals surface area contributed by atoms with E-state index in [4.69, 9.17) is 0 Å². The first-order chi connectivity index (χ1) is 9.83. The molecule has 0 aliphatic heterocycles. The number of rotatable bonds is 4. The van der Waals surface area contributed by atoms with Crippen molar-refractivity contribution in [3.05, 3.63) is 53.1 Å². The first kappa shape index (κ1) is 15.4. The predicted molar refractivity (Wildman–Crippen MR) is 84.2 cm³/mol. The van der Waals surface area contributed by atoms with Crippen LogP contribution < -0.4 is 4.72 Å². The SMILES string of the molecule is CCc1ccc(O)c(NS(=O)(=O)c2ccc(C)cc2C)c1. The van der Waals surface area contributed by atoms with Crippen LogP contribution in [0, 0.1) is 13.8 Å². The summed E-state index contributed by atoms with van der Waals surface area (Å²) in [7, 11) is -3.72. The minimum Gasteiger partial charge on any atom is -0.506 e. The van der Waals surface area contributed by atoms with Crippen LogP contribution in [0.5, 0.6) is 5.75 Å². The molecule has 5 heteroatoms. The van der Waals surface area contributed by atoms with Crippen LogP contribution in [0.3, 0.4) is 0 Å². The van der Waals surface area contributed by atoms with Crippen molar-refractivity contribution in [2.24, 2.45) is 0 Å². The minimum absolute atomic E-state index is 0.0828. The molecule has 2 aromatic carbocycles.